The van der Waals surface area contributed by atoms with E-state index in [1.54, 1.807) is 0 Å². The van der Waals surface area contributed by atoms with Crippen LogP contribution in [-0.2, 0) is 9.47 Å². The predicted molar refractivity (Wildman–Crippen MR) is 75.4 cm³/mol. The SMILES string of the molecule is CN1CCC(CNC2CCOC3(CCOCC3)C2)C1. The Hall–Kier alpha value is -0.160. The van der Waals surface area contributed by atoms with E-state index < -0.39 is 0 Å². The second kappa shape index (κ2) is 6.08. The van der Waals surface area contributed by atoms with E-state index in [4.69, 9.17) is 9.47 Å². The third-order valence-electron chi connectivity index (χ3n) is 5.08. The number of ether oxygens (including phenoxy) is 2. The van der Waals surface area contributed by atoms with Crippen LogP contribution in [-0.4, -0.2) is 63.0 Å². The highest BCUT2D eigenvalue weighted by atomic mass is 16.5. The Bertz CT molecular complexity index is 286. The number of hydrogen-bond donors (Lipinski definition) is 1. The van der Waals surface area contributed by atoms with Crippen molar-refractivity contribution in [2.75, 3.05) is 46.5 Å². The van der Waals surface area contributed by atoms with E-state index in [1.165, 1.54) is 38.9 Å². The molecule has 1 spiro atoms. The van der Waals surface area contributed by atoms with E-state index in [2.05, 4.69) is 17.3 Å². The molecule has 0 aromatic carbocycles. The van der Waals surface area contributed by atoms with Crippen molar-refractivity contribution in [3.05, 3.63) is 0 Å². The maximum Gasteiger partial charge on any atom is 0.0741 e. The highest BCUT2D eigenvalue weighted by molar-refractivity contribution is 4.92. The molecule has 4 heteroatoms. The summed E-state index contributed by atoms with van der Waals surface area (Å²) in [4.78, 5) is 2.44. The zero-order chi connectivity index (χ0) is 13.1. The van der Waals surface area contributed by atoms with E-state index in [0.29, 0.717) is 6.04 Å². The minimum atomic E-state index is 0.126. The van der Waals surface area contributed by atoms with E-state index in [-0.39, 0.29) is 5.60 Å². The molecule has 0 aromatic rings. The fourth-order valence-electron chi connectivity index (χ4n) is 3.82. The van der Waals surface area contributed by atoms with Gasteiger partial charge >= 0.3 is 0 Å². The summed E-state index contributed by atoms with van der Waals surface area (Å²) in [5.74, 6) is 0.846. The van der Waals surface area contributed by atoms with Crippen molar-refractivity contribution in [1.82, 2.24) is 10.2 Å². The topological polar surface area (TPSA) is 33.7 Å². The van der Waals surface area contributed by atoms with Crippen LogP contribution in [0.3, 0.4) is 0 Å². The van der Waals surface area contributed by atoms with Crippen LogP contribution in [0.15, 0.2) is 0 Å². The molecule has 0 amide bonds. The van der Waals surface area contributed by atoms with Gasteiger partial charge in [-0.05, 0) is 58.2 Å². The average Bonchev–Trinajstić information content (AvgIpc) is 2.83. The van der Waals surface area contributed by atoms with E-state index >= 15 is 0 Å². The second-order valence-electron chi connectivity index (χ2n) is 6.66. The van der Waals surface area contributed by atoms with Gasteiger partial charge in [0, 0.05) is 32.4 Å². The Morgan fingerprint density at radius 1 is 1.21 bits per heavy atom. The molecule has 1 N–H and O–H groups in total. The maximum absolute atomic E-state index is 6.10. The Kier molecular flexibility index (Phi) is 4.42. The number of hydrogen-bond acceptors (Lipinski definition) is 4. The summed E-state index contributed by atoms with van der Waals surface area (Å²) in [5.41, 5.74) is 0.126. The first-order valence-electron chi connectivity index (χ1n) is 7.89. The monoisotopic (exact) mass is 268 g/mol. The summed E-state index contributed by atoms with van der Waals surface area (Å²) in [6.07, 6.45) is 5.87. The molecule has 3 rings (SSSR count). The third-order valence-corrected chi connectivity index (χ3v) is 5.08. The van der Waals surface area contributed by atoms with Gasteiger partial charge in [0.2, 0.25) is 0 Å². The summed E-state index contributed by atoms with van der Waals surface area (Å²) < 4.78 is 11.6. The summed E-state index contributed by atoms with van der Waals surface area (Å²) in [7, 11) is 2.23. The van der Waals surface area contributed by atoms with Crippen molar-refractivity contribution in [2.24, 2.45) is 5.92 Å². The van der Waals surface area contributed by atoms with Gasteiger partial charge in [-0.15, -0.1) is 0 Å². The zero-order valence-corrected chi connectivity index (χ0v) is 12.2. The van der Waals surface area contributed by atoms with Gasteiger partial charge in [-0.1, -0.05) is 0 Å². The molecule has 110 valence electrons. The summed E-state index contributed by atoms with van der Waals surface area (Å²) in [6.45, 7) is 6.38. The quantitative estimate of drug-likeness (QED) is 0.835. The lowest BCUT2D eigenvalue weighted by Crippen LogP contribution is -2.50. The Labute approximate surface area is 116 Å². The van der Waals surface area contributed by atoms with Gasteiger partial charge in [0.05, 0.1) is 5.60 Å². The van der Waals surface area contributed by atoms with Crippen molar-refractivity contribution in [2.45, 2.75) is 43.7 Å². The molecule has 3 aliphatic heterocycles. The molecule has 0 saturated carbocycles. The van der Waals surface area contributed by atoms with Crippen LogP contribution in [0.25, 0.3) is 0 Å². The van der Waals surface area contributed by atoms with Gasteiger partial charge in [-0.3, -0.25) is 0 Å². The van der Waals surface area contributed by atoms with Crippen LogP contribution < -0.4 is 5.32 Å². The highest BCUT2D eigenvalue weighted by Crippen LogP contribution is 2.34. The van der Waals surface area contributed by atoms with Gasteiger partial charge in [-0.2, -0.15) is 0 Å². The van der Waals surface area contributed by atoms with Crippen molar-refractivity contribution < 1.29 is 9.47 Å². The Morgan fingerprint density at radius 2 is 2.05 bits per heavy atom. The lowest BCUT2D eigenvalue weighted by molar-refractivity contribution is -0.140. The largest absolute Gasteiger partial charge is 0.381 e. The fourth-order valence-corrected chi connectivity index (χ4v) is 3.82. The number of nitrogens with zero attached hydrogens (tertiary/aromatic N) is 1. The standard InChI is InChI=1S/C15H28N2O2/c1-17-6-2-13(12-17)11-16-14-3-7-19-15(10-14)4-8-18-9-5-15/h13-14,16H,2-12H2,1H3. The molecule has 2 atom stereocenters. The van der Waals surface area contributed by atoms with Crippen molar-refractivity contribution in [1.29, 1.82) is 0 Å². The molecule has 19 heavy (non-hydrogen) atoms. The van der Waals surface area contributed by atoms with E-state index in [9.17, 15) is 0 Å². The molecule has 0 bridgehead atoms. The first-order valence-corrected chi connectivity index (χ1v) is 7.89. The van der Waals surface area contributed by atoms with Crippen molar-refractivity contribution >= 4 is 0 Å². The van der Waals surface area contributed by atoms with Gasteiger partial charge in [0.1, 0.15) is 0 Å². The lowest BCUT2D eigenvalue weighted by Gasteiger charge is -2.43. The molecular formula is C15H28N2O2. The smallest absolute Gasteiger partial charge is 0.0741 e. The molecule has 3 saturated heterocycles. The molecule has 4 nitrogen and oxygen atoms in total. The van der Waals surface area contributed by atoms with Crippen molar-refractivity contribution in [3.8, 4) is 0 Å². The van der Waals surface area contributed by atoms with Crippen LogP contribution in [0.4, 0.5) is 0 Å². The molecule has 0 aliphatic carbocycles. The van der Waals surface area contributed by atoms with Crippen LogP contribution in [0.1, 0.15) is 32.1 Å². The molecule has 3 fully saturated rings. The maximum atomic E-state index is 6.10. The average molecular weight is 268 g/mol. The van der Waals surface area contributed by atoms with E-state index in [0.717, 1.165) is 38.6 Å². The fraction of sp³-hybridized carbons (Fsp3) is 1.00. The van der Waals surface area contributed by atoms with Crippen LogP contribution in [0.5, 0.6) is 0 Å². The second-order valence-corrected chi connectivity index (χ2v) is 6.66. The highest BCUT2D eigenvalue weighted by Gasteiger charge is 2.39. The Balaban J connectivity index is 1.45. The molecule has 2 unspecified atom stereocenters. The van der Waals surface area contributed by atoms with Gasteiger partial charge < -0.3 is 19.7 Å². The van der Waals surface area contributed by atoms with Crippen LogP contribution >= 0.6 is 0 Å². The van der Waals surface area contributed by atoms with Crippen molar-refractivity contribution in [3.63, 3.8) is 0 Å². The molecule has 3 aliphatic rings. The molecular weight excluding hydrogens is 240 g/mol. The normalized spacial score (nSPS) is 35.8. The summed E-state index contributed by atoms with van der Waals surface area (Å²) in [5, 5.41) is 3.81. The van der Waals surface area contributed by atoms with E-state index in [1.807, 2.05) is 0 Å². The minimum Gasteiger partial charge on any atom is -0.381 e. The molecule has 0 aromatic heterocycles. The number of likely N-dealkylation sites (tertiary alicyclic amines) is 1. The number of nitrogens with one attached hydrogen (secondary N) is 1. The third kappa shape index (κ3) is 3.48. The minimum absolute atomic E-state index is 0.126. The van der Waals surface area contributed by atoms with Gasteiger partial charge in [0.15, 0.2) is 0 Å². The van der Waals surface area contributed by atoms with Crippen LogP contribution in [0, 0.1) is 5.92 Å². The lowest BCUT2D eigenvalue weighted by atomic mass is 9.84. The Morgan fingerprint density at radius 3 is 2.79 bits per heavy atom. The van der Waals surface area contributed by atoms with Gasteiger partial charge in [-0.25, -0.2) is 0 Å². The molecule has 0 radical (unpaired) electrons. The van der Waals surface area contributed by atoms with Crippen LogP contribution in [0.2, 0.25) is 0 Å². The van der Waals surface area contributed by atoms with Gasteiger partial charge in [0.25, 0.3) is 0 Å². The first kappa shape index (κ1) is 13.8. The first-order chi connectivity index (χ1) is 9.26. The summed E-state index contributed by atoms with van der Waals surface area (Å²) >= 11 is 0. The molecule has 3 heterocycles. The zero-order valence-electron chi connectivity index (χ0n) is 12.2. The summed E-state index contributed by atoms with van der Waals surface area (Å²) in [6, 6.07) is 0.651. The number of rotatable bonds is 3. The predicted octanol–water partition coefficient (Wildman–Crippen LogP) is 1.26.